The Balaban J connectivity index is 2.16. The van der Waals surface area contributed by atoms with E-state index in [0.717, 1.165) is 4.47 Å². The molecule has 1 atom stereocenters. The van der Waals surface area contributed by atoms with Crippen molar-refractivity contribution in [2.75, 3.05) is 5.75 Å². The molecule has 0 saturated heterocycles. The number of rotatable bonds is 4. The summed E-state index contributed by atoms with van der Waals surface area (Å²) in [5.74, 6) is -1.27. The monoisotopic (exact) mass is 340 g/mol. The van der Waals surface area contributed by atoms with Crippen LogP contribution in [0.2, 0.25) is 0 Å². The molecule has 5 heteroatoms. The summed E-state index contributed by atoms with van der Waals surface area (Å²) in [7, 11) is -1.48. The normalized spacial score (nSPS) is 12.1. The average molecular weight is 341 g/mol. The highest BCUT2D eigenvalue weighted by atomic mass is 79.9. The lowest BCUT2D eigenvalue weighted by Gasteiger charge is -2.03. The fourth-order valence-corrected chi connectivity index (χ4v) is 3.18. The predicted octanol–water partition coefficient (Wildman–Crippen LogP) is 3.58. The molecular formula is C14H10BrFO2S. The van der Waals surface area contributed by atoms with Gasteiger partial charge in [0.15, 0.2) is 5.78 Å². The van der Waals surface area contributed by atoms with E-state index in [9.17, 15) is 13.4 Å². The first-order valence-electron chi connectivity index (χ1n) is 5.49. The van der Waals surface area contributed by atoms with Crippen molar-refractivity contribution in [2.24, 2.45) is 0 Å². The summed E-state index contributed by atoms with van der Waals surface area (Å²) >= 11 is 3.27. The maximum Gasteiger partial charge on any atom is 0.178 e. The maximum atomic E-state index is 13.4. The molecule has 0 radical (unpaired) electrons. The molecule has 98 valence electrons. The van der Waals surface area contributed by atoms with E-state index in [2.05, 4.69) is 15.9 Å². The van der Waals surface area contributed by atoms with Gasteiger partial charge in [-0.25, -0.2) is 4.39 Å². The summed E-state index contributed by atoms with van der Waals surface area (Å²) in [5.41, 5.74) is -0.0224. The molecule has 19 heavy (non-hydrogen) atoms. The Bertz CT molecular complexity index is 643. The van der Waals surface area contributed by atoms with Crippen LogP contribution in [0.25, 0.3) is 0 Å². The summed E-state index contributed by atoms with van der Waals surface area (Å²) in [5, 5.41) is 0. The van der Waals surface area contributed by atoms with Crippen LogP contribution < -0.4 is 0 Å². The molecule has 0 aliphatic carbocycles. The molecular weight excluding hydrogens is 331 g/mol. The third-order valence-electron chi connectivity index (χ3n) is 2.50. The minimum absolute atomic E-state index is 0.0224. The average Bonchev–Trinajstić information content (AvgIpc) is 2.39. The highest BCUT2D eigenvalue weighted by Gasteiger charge is 2.15. The molecule has 0 aliphatic rings. The third-order valence-corrected chi connectivity index (χ3v) is 4.29. The minimum Gasteiger partial charge on any atom is -0.293 e. The van der Waals surface area contributed by atoms with E-state index in [0.29, 0.717) is 4.90 Å². The first-order valence-corrected chi connectivity index (χ1v) is 7.61. The zero-order valence-electron chi connectivity index (χ0n) is 9.81. The van der Waals surface area contributed by atoms with Crippen LogP contribution in [0.4, 0.5) is 4.39 Å². The largest absolute Gasteiger partial charge is 0.293 e. The molecule has 0 N–H and O–H groups in total. The second-order valence-electron chi connectivity index (χ2n) is 3.85. The first kappa shape index (κ1) is 14.1. The van der Waals surface area contributed by atoms with Gasteiger partial charge in [-0.2, -0.15) is 0 Å². The highest BCUT2D eigenvalue weighted by molar-refractivity contribution is 9.10. The second-order valence-corrected chi connectivity index (χ2v) is 6.22. The Labute approximate surface area is 121 Å². The minimum atomic E-state index is -1.48. The van der Waals surface area contributed by atoms with Gasteiger partial charge in [0, 0.05) is 9.37 Å². The Morgan fingerprint density at radius 1 is 1.16 bits per heavy atom. The molecule has 0 aliphatic heterocycles. The lowest BCUT2D eigenvalue weighted by atomic mass is 10.1. The van der Waals surface area contributed by atoms with Crippen LogP contribution in [0, 0.1) is 5.82 Å². The Kier molecular flexibility index (Phi) is 4.61. The zero-order chi connectivity index (χ0) is 13.8. The molecule has 0 spiro atoms. The van der Waals surface area contributed by atoms with Crippen molar-refractivity contribution in [1.82, 2.24) is 0 Å². The second kappa shape index (κ2) is 6.21. The van der Waals surface area contributed by atoms with Gasteiger partial charge in [-0.05, 0) is 30.3 Å². The number of ketones is 1. The molecule has 0 amide bonds. The van der Waals surface area contributed by atoms with Gasteiger partial charge >= 0.3 is 0 Å². The summed E-state index contributed by atoms with van der Waals surface area (Å²) in [6.07, 6.45) is 0. The van der Waals surface area contributed by atoms with Gasteiger partial charge in [0.1, 0.15) is 5.82 Å². The van der Waals surface area contributed by atoms with Crippen molar-refractivity contribution in [1.29, 1.82) is 0 Å². The highest BCUT2D eigenvalue weighted by Crippen LogP contribution is 2.16. The van der Waals surface area contributed by atoms with E-state index in [1.165, 1.54) is 18.2 Å². The lowest BCUT2D eigenvalue weighted by Crippen LogP contribution is -2.12. The van der Waals surface area contributed by atoms with Gasteiger partial charge in [0.2, 0.25) is 0 Å². The van der Waals surface area contributed by atoms with Crippen LogP contribution in [-0.4, -0.2) is 15.7 Å². The van der Waals surface area contributed by atoms with E-state index in [1.54, 1.807) is 30.3 Å². The molecule has 0 fully saturated rings. The number of carbonyl (C=O) groups is 1. The van der Waals surface area contributed by atoms with Gasteiger partial charge in [-0.1, -0.05) is 34.1 Å². The fourth-order valence-electron chi connectivity index (χ4n) is 1.58. The maximum absolute atomic E-state index is 13.4. The summed E-state index contributed by atoms with van der Waals surface area (Å²) < 4.78 is 26.3. The van der Waals surface area contributed by atoms with Crippen LogP contribution in [0.3, 0.4) is 0 Å². The number of Topliss-reactive ketones (excluding diaryl/α,β-unsaturated/α-hetero) is 1. The third kappa shape index (κ3) is 3.58. The van der Waals surface area contributed by atoms with Gasteiger partial charge in [0.25, 0.3) is 0 Å². The van der Waals surface area contributed by atoms with Crippen molar-refractivity contribution >= 4 is 32.5 Å². The van der Waals surface area contributed by atoms with Crippen molar-refractivity contribution in [3.8, 4) is 0 Å². The number of hydrogen-bond donors (Lipinski definition) is 0. The van der Waals surface area contributed by atoms with Crippen LogP contribution in [0.15, 0.2) is 57.9 Å². The standard InChI is InChI=1S/C14H10BrFO2S/c15-10-4-3-5-11(8-10)19(18)9-14(17)12-6-1-2-7-13(12)16/h1-8H,9H2. The number of benzene rings is 2. The molecule has 2 aromatic rings. The summed E-state index contributed by atoms with van der Waals surface area (Å²) in [6.45, 7) is 0. The molecule has 2 aromatic carbocycles. The zero-order valence-corrected chi connectivity index (χ0v) is 12.2. The molecule has 0 bridgehead atoms. The van der Waals surface area contributed by atoms with E-state index in [4.69, 9.17) is 0 Å². The smallest absolute Gasteiger partial charge is 0.178 e. The SMILES string of the molecule is O=C(CS(=O)c1cccc(Br)c1)c1ccccc1F. The van der Waals surface area contributed by atoms with E-state index >= 15 is 0 Å². The van der Waals surface area contributed by atoms with Crippen LogP contribution in [0.1, 0.15) is 10.4 Å². The summed E-state index contributed by atoms with van der Waals surface area (Å²) in [6, 6.07) is 12.6. The van der Waals surface area contributed by atoms with Gasteiger partial charge in [0.05, 0.1) is 22.1 Å². The number of hydrogen-bond acceptors (Lipinski definition) is 2. The molecule has 0 heterocycles. The summed E-state index contributed by atoms with van der Waals surface area (Å²) in [4.78, 5) is 12.4. The van der Waals surface area contributed by atoms with Gasteiger partial charge in [-0.3, -0.25) is 9.00 Å². The molecule has 2 rings (SSSR count). The van der Waals surface area contributed by atoms with E-state index < -0.39 is 22.4 Å². The molecule has 0 aromatic heterocycles. The van der Waals surface area contributed by atoms with Crippen LogP contribution in [0.5, 0.6) is 0 Å². The van der Waals surface area contributed by atoms with E-state index in [1.807, 2.05) is 0 Å². The Morgan fingerprint density at radius 2 is 1.89 bits per heavy atom. The Hall–Kier alpha value is -1.33. The Morgan fingerprint density at radius 3 is 2.58 bits per heavy atom. The van der Waals surface area contributed by atoms with Crippen LogP contribution >= 0.6 is 15.9 Å². The number of carbonyl (C=O) groups excluding carboxylic acids is 1. The van der Waals surface area contributed by atoms with Crippen molar-refractivity contribution in [3.63, 3.8) is 0 Å². The number of halogens is 2. The van der Waals surface area contributed by atoms with Gasteiger partial charge < -0.3 is 0 Å². The van der Waals surface area contributed by atoms with Crippen LogP contribution in [-0.2, 0) is 10.8 Å². The van der Waals surface area contributed by atoms with Gasteiger partial charge in [-0.15, -0.1) is 0 Å². The van der Waals surface area contributed by atoms with E-state index in [-0.39, 0.29) is 11.3 Å². The lowest BCUT2D eigenvalue weighted by molar-refractivity contribution is 0.101. The molecule has 1 unspecified atom stereocenters. The topological polar surface area (TPSA) is 34.1 Å². The molecule has 2 nitrogen and oxygen atoms in total. The quantitative estimate of drug-likeness (QED) is 0.797. The predicted molar refractivity (Wildman–Crippen MR) is 76.1 cm³/mol. The first-order chi connectivity index (χ1) is 9.08. The van der Waals surface area contributed by atoms with Crippen molar-refractivity contribution < 1.29 is 13.4 Å². The molecule has 0 saturated carbocycles. The van der Waals surface area contributed by atoms with Crippen molar-refractivity contribution in [3.05, 3.63) is 64.4 Å². The van der Waals surface area contributed by atoms with Crippen molar-refractivity contribution in [2.45, 2.75) is 4.90 Å². The fraction of sp³-hybridized carbons (Fsp3) is 0.0714.